The van der Waals surface area contributed by atoms with E-state index in [0.717, 1.165) is 24.5 Å². The van der Waals surface area contributed by atoms with Crippen LogP contribution >= 0.6 is 24.4 Å². The molecule has 0 saturated carbocycles. The van der Waals surface area contributed by atoms with Gasteiger partial charge in [0.05, 0.1) is 6.61 Å². The Balaban J connectivity index is 2.56. The van der Waals surface area contributed by atoms with E-state index in [1.54, 1.807) is 11.8 Å². The average molecular weight is 242 g/mol. The van der Waals surface area contributed by atoms with Crippen molar-refractivity contribution in [2.45, 2.75) is 18.2 Å². The van der Waals surface area contributed by atoms with Crippen molar-refractivity contribution in [3.8, 4) is 5.75 Å². The number of thioether (sulfide) groups is 1. The summed E-state index contributed by atoms with van der Waals surface area (Å²) in [5, 5.41) is 0. The first-order chi connectivity index (χ1) is 7.31. The first-order valence-electron chi connectivity index (χ1n) is 5.18. The van der Waals surface area contributed by atoms with E-state index >= 15 is 0 Å². The lowest BCUT2D eigenvalue weighted by Crippen LogP contribution is -2.12. The molecule has 0 saturated heterocycles. The van der Waals surface area contributed by atoms with Gasteiger partial charge in [-0.15, -0.1) is 11.8 Å². The largest absolute Gasteiger partial charge is 0.492 e. The average Bonchev–Trinajstić information content (AvgIpc) is 2.31. The molecule has 0 amide bonds. The summed E-state index contributed by atoms with van der Waals surface area (Å²) >= 11 is 6.02. The summed E-state index contributed by atoms with van der Waals surface area (Å²) in [6.45, 7) is 2.93. The molecule has 15 heavy (non-hydrogen) atoms. The Kier molecular flexibility index (Phi) is 6.03. The van der Waals surface area contributed by atoms with Crippen LogP contribution in [-0.4, -0.2) is 18.6 Å². The lowest BCUT2D eigenvalue weighted by atomic mass is 10.1. The molecule has 0 N–H and O–H groups in total. The fourth-order valence-corrected chi connectivity index (χ4v) is 2.15. The quantitative estimate of drug-likeness (QED) is 0.601. The highest BCUT2D eigenvalue weighted by Gasteiger charge is 2.06. The van der Waals surface area contributed by atoms with E-state index < -0.39 is 0 Å². The maximum Gasteiger partial charge on any atom is 0.132 e. The number of ether oxygens (including phenoxy) is 1. The molecular weight excluding hydrogens is 224 g/mol. The second-order valence-corrected chi connectivity index (χ2v) is 4.63. The third-order valence-corrected chi connectivity index (χ3v) is 3.67. The van der Waals surface area contributed by atoms with Crippen LogP contribution < -0.4 is 4.74 Å². The summed E-state index contributed by atoms with van der Waals surface area (Å²) in [5.41, 5.74) is 0. The highest BCUT2D eigenvalue weighted by Crippen LogP contribution is 2.27. The maximum absolute atomic E-state index is 5.80. The summed E-state index contributed by atoms with van der Waals surface area (Å²) < 4.78 is 5.80. The Morgan fingerprint density at radius 3 is 2.73 bits per heavy atom. The predicted octanol–water partition coefficient (Wildman–Crippen LogP) is 3.74. The van der Waals surface area contributed by atoms with Gasteiger partial charge in [0.15, 0.2) is 0 Å². The molecule has 1 atom stereocenters. The minimum Gasteiger partial charge on any atom is -0.492 e. The SMILES string of the molecule is CCC(CS)COc1ccccc1SC. The van der Waals surface area contributed by atoms with Crippen LogP contribution in [0.5, 0.6) is 5.75 Å². The molecule has 0 aromatic heterocycles. The van der Waals surface area contributed by atoms with Crippen molar-refractivity contribution in [2.75, 3.05) is 18.6 Å². The van der Waals surface area contributed by atoms with Gasteiger partial charge in [0, 0.05) is 10.8 Å². The fourth-order valence-electron chi connectivity index (χ4n) is 1.25. The van der Waals surface area contributed by atoms with Crippen LogP contribution in [0, 0.1) is 5.92 Å². The molecule has 1 unspecified atom stereocenters. The molecule has 0 fully saturated rings. The van der Waals surface area contributed by atoms with E-state index in [1.165, 1.54) is 4.90 Å². The highest BCUT2D eigenvalue weighted by molar-refractivity contribution is 7.98. The van der Waals surface area contributed by atoms with Crippen LogP contribution in [0.3, 0.4) is 0 Å². The summed E-state index contributed by atoms with van der Waals surface area (Å²) in [4.78, 5) is 1.20. The minimum atomic E-state index is 0.545. The lowest BCUT2D eigenvalue weighted by Gasteiger charge is -2.15. The molecule has 1 aromatic carbocycles. The van der Waals surface area contributed by atoms with Gasteiger partial charge < -0.3 is 4.74 Å². The Bertz CT molecular complexity index is 285. The number of rotatable bonds is 6. The molecule has 0 radical (unpaired) electrons. The van der Waals surface area contributed by atoms with E-state index in [-0.39, 0.29) is 0 Å². The summed E-state index contributed by atoms with van der Waals surface area (Å²) in [5.74, 6) is 2.42. The van der Waals surface area contributed by atoms with Crippen molar-refractivity contribution in [1.29, 1.82) is 0 Å². The van der Waals surface area contributed by atoms with E-state index in [4.69, 9.17) is 4.74 Å². The monoisotopic (exact) mass is 242 g/mol. The standard InChI is InChI=1S/C12H18OS2/c1-3-10(9-14)8-13-11-6-4-5-7-12(11)15-2/h4-7,10,14H,3,8-9H2,1-2H3. The number of hydrogen-bond donors (Lipinski definition) is 1. The van der Waals surface area contributed by atoms with Crippen LogP contribution in [0.2, 0.25) is 0 Å². The third kappa shape index (κ3) is 3.99. The van der Waals surface area contributed by atoms with Crippen LogP contribution in [0.4, 0.5) is 0 Å². The molecule has 0 aliphatic rings. The molecule has 1 aromatic rings. The van der Waals surface area contributed by atoms with Gasteiger partial charge in [-0.2, -0.15) is 12.6 Å². The zero-order chi connectivity index (χ0) is 11.1. The highest BCUT2D eigenvalue weighted by atomic mass is 32.2. The first-order valence-corrected chi connectivity index (χ1v) is 7.04. The molecular formula is C12H18OS2. The Morgan fingerprint density at radius 2 is 2.13 bits per heavy atom. The van der Waals surface area contributed by atoms with Crippen molar-refractivity contribution >= 4 is 24.4 Å². The number of para-hydroxylation sites is 1. The molecule has 0 spiro atoms. The third-order valence-electron chi connectivity index (χ3n) is 2.38. The van der Waals surface area contributed by atoms with Crippen molar-refractivity contribution < 1.29 is 4.74 Å². The molecule has 0 aliphatic carbocycles. The van der Waals surface area contributed by atoms with Gasteiger partial charge in [0.25, 0.3) is 0 Å². The molecule has 3 heteroatoms. The lowest BCUT2D eigenvalue weighted by molar-refractivity contribution is 0.254. The van der Waals surface area contributed by atoms with Crippen LogP contribution in [0.1, 0.15) is 13.3 Å². The van der Waals surface area contributed by atoms with Gasteiger partial charge in [-0.3, -0.25) is 0 Å². The number of thiol groups is 1. The molecule has 84 valence electrons. The fraction of sp³-hybridized carbons (Fsp3) is 0.500. The van der Waals surface area contributed by atoms with Crippen LogP contribution in [-0.2, 0) is 0 Å². The second-order valence-electron chi connectivity index (χ2n) is 3.42. The topological polar surface area (TPSA) is 9.23 Å². The number of benzene rings is 1. The smallest absolute Gasteiger partial charge is 0.132 e. The van der Waals surface area contributed by atoms with Gasteiger partial charge in [-0.25, -0.2) is 0 Å². The minimum absolute atomic E-state index is 0.545. The molecule has 0 aliphatic heterocycles. The predicted molar refractivity (Wildman–Crippen MR) is 71.4 cm³/mol. The number of hydrogen-bond acceptors (Lipinski definition) is 3. The van der Waals surface area contributed by atoms with Crippen molar-refractivity contribution in [3.63, 3.8) is 0 Å². The van der Waals surface area contributed by atoms with Crippen LogP contribution in [0.25, 0.3) is 0 Å². The van der Waals surface area contributed by atoms with Crippen LogP contribution in [0.15, 0.2) is 29.2 Å². The summed E-state index contributed by atoms with van der Waals surface area (Å²) in [6, 6.07) is 8.16. The van der Waals surface area contributed by atoms with Crippen molar-refractivity contribution in [3.05, 3.63) is 24.3 Å². The normalized spacial score (nSPS) is 12.5. The summed E-state index contributed by atoms with van der Waals surface area (Å²) in [7, 11) is 0. The van der Waals surface area contributed by atoms with Crippen molar-refractivity contribution in [1.82, 2.24) is 0 Å². The molecule has 0 bridgehead atoms. The van der Waals surface area contributed by atoms with Gasteiger partial charge in [-0.05, 0) is 30.6 Å². The zero-order valence-electron chi connectivity index (χ0n) is 9.27. The van der Waals surface area contributed by atoms with Gasteiger partial charge in [0.2, 0.25) is 0 Å². The second kappa shape index (κ2) is 7.07. The van der Waals surface area contributed by atoms with E-state index in [2.05, 4.69) is 31.9 Å². The first kappa shape index (κ1) is 12.8. The molecule has 1 nitrogen and oxygen atoms in total. The Hall–Kier alpha value is -0.280. The Labute approximate surface area is 102 Å². The molecule has 0 heterocycles. The zero-order valence-corrected chi connectivity index (χ0v) is 11.0. The summed E-state index contributed by atoms with van der Waals surface area (Å²) in [6.07, 6.45) is 3.18. The van der Waals surface area contributed by atoms with E-state index in [1.807, 2.05) is 18.2 Å². The Morgan fingerprint density at radius 1 is 1.40 bits per heavy atom. The van der Waals surface area contributed by atoms with Gasteiger partial charge in [-0.1, -0.05) is 19.1 Å². The van der Waals surface area contributed by atoms with E-state index in [0.29, 0.717) is 5.92 Å². The van der Waals surface area contributed by atoms with E-state index in [9.17, 15) is 0 Å². The van der Waals surface area contributed by atoms with Gasteiger partial charge >= 0.3 is 0 Å². The maximum atomic E-state index is 5.80. The van der Waals surface area contributed by atoms with Crippen molar-refractivity contribution in [2.24, 2.45) is 5.92 Å². The van der Waals surface area contributed by atoms with Gasteiger partial charge in [0.1, 0.15) is 5.75 Å². The molecule has 1 rings (SSSR count).